The molecule has 2 fully saturated rings. The first-order valence-corrected chi connectivity index (χ1v) is 13.8. The second-order valence-corrected chi connectivity index (χ2v) is 13.0. The summed E-state index contributed by atoms with van der Waals surface area (Å²) in [5.74, 6) is -1.09. The van der Waals surface area contributed by atoms with Crippen molar-refractivity contribution in [2.45, 2.75) is 59.3 Å². The number of ketones is 2. The van der Waals surface area contributed by atoms with Crippen LogP contribution in [0.25, 0.3) is 11.3 Å². The van der Waals surface area contributed by atoms with E-state index in [1.165, 1.54) is 12.1 Å². The van der Waals surface area contributed by atoms with E-state index < -0.39 is 22.5 Å². The molecule has 2 aliphatic heterocycles. The molecule has 0 radical (unpaired) electrons. The summed E-state index contributed by atoms with van der Waals surface area (Å²) in [6.07, 6.45) is 0.574. The first kappa shape index (κ1) is 29.1. The predicted octanol–water partition coefficient (Wildman–Crippen LogP) is 5.27. The van der Waals surface area contributed by atoms with E-state index in [9.17, 15) is 18.4 Å². The quantitative estimate of drug-likeness (QED) is 0.290. The van der Waals surface area contributed by atoms with Crippen LogP contribution in [0.3, 0.4) is 0 Å². The maximum atomic E-state index is 14.3. The van der Waals surface area contributed by atoms with E-state index in [0.29, 0.717) is 32.1 Å². The molecule has 218 valence electrons. The Kier molecular flexibility index (Phi) is 7.67. The van der Waals surface area contributed by atoms with Gasteiger partial charge in [-0.2, -0.15) is 0 Å². The molecule has 5 rings (SSSR count). The topological polar surface area (TPSA) is 98.4 Å². The molecule has 0 saturated carbocycles. The number of hydrogen-bond donors (Lipinski definition) is 0. The Bertz CT molecular complexity index is 1450. The summed E-state index contributed by atoms with van der Waals surface area (Å²) in [4.78, 5) is 38.4. The second kappa shape index (κ2) is 10.8. The number of carbonyl (C=O) groups is 2. The Morgan fingerprint density at radius 2 is 1.71 bits per heavy atom. The molecular formula is C31H36F2N4O4. The maximum absolute atomic E-state index is 14.3. The van der Waals surface area contributed by atoms with Crippen LogP contribution in [0.15, 0.2) is 34.9 Å². The van der Waals surface area contributed by atoms with Crippen molar-refractivity contribution in [3.8, 4) is 11.3 Å². The Hall–Kier alpha value is -3.37. The molecule has 8 nitrogen and oxygen atoms in total. The van der Waals surface area contributed by atoms with Gasteiger partial charge in [0.2, 0.25) is 0 Å². The smallest absolute Gasteiger partial charge is 0.185 e. The molecule has 0 N–H and O–H groups in total. The highest BCUT2D eigenvalue weighted by atomic mass is 19.1. The third-order valence-corrected chi connectivity index (χ3v) is 7.95. The van der Waals surface area contributed by atoms with Gasteiger partial charge in [-0.3, -0.25) is 9.59 Å². The highest BCUT2D eigenvalue weighted by molar-refractivity contribution is 5.96. The number of halogens is 2. The summed E-state index contributed by atoms with van der Waals surface area (Å²) in [7, 11) is 0. The zero-order valence-corrected chi connectivity index (χ0v) is 24.2. The van der Waals surface area contributed by atoms with Crippen LogP contribution in [0.2, 0.25) is 0 Å². The van der Waals surface area contributed by atoms with Gasteiger partial charge in [-0.15, -0.1) is 0 Å². The molecule has 0 aliphatic carbocycles. The molecule has 3 aromatic rings. The van der Waals surface area contributed by atoms with Crippen LogP contribution in [-0.4, -0.2) is 64.4 Å². The van der Waals surface area contributed by atoms with Crippen LogP contribution in [0.4, 0.5) is 8.78 Å². The zero-order valence-electron chi connectivity index (χ0n) is 24.2. The van der Waals surface area contributed by atoms with Gasteiger partial charge in [0, 0.05) is 78.7 Å². The molecule has 41 heavy (non-hydrogen) atoms. The third-order valence-electron chi connectivity index (χ3n) is 7.95. The van der Waals surface area contributed by atoms with Crippen LogP contribution in [0.1, 0.15) is 67.7 Å². The van der Waals surface area contributed by atoms with Gasteiger partial charge in [-0.1, -0.05) is 25.9 Å². The molecule has 0 atom stereocenters. The summed E-state index contributed by atoms with van der Waals surface area (Å²) >= 11 is 0. The van der Waals surface area contributed by atoms with E-state index in [4.69, 9.17) is 9.26 Å². The number of carbonyl (C=O) groups excluding carboxylic acids is 2. The SMILES string of the molecule is Cc1cc(C)nc(C(C)(C)CC(=O)CC2(CC(=O)c3cc(-c4ccc(F)cc4F)on3)CN(CC3(C)COC3)C2)n1. The van der Waals surface area contributed by atoms with Crippen molar-refractivity contribution in [1.29, 1.82) is 0 Å². The minimum atomic E-state index is -0.805. The van der Waals surface area contributed by atoms with Crippen molar-refractivity contribution in [3.63, 3.8) is 0 Å². The Balaban J connectivity index is 1.31. The van der Waals surface area contributed by atoms with Crippen LogP contribution >= 0.6 is 0 Å². The first-order valence-electron chi connectivity index (χ1n) is 13.8. The first-order chi connectivity index (χ1) is 19.2. The molecule has 4 heterocycles. The normalized spacial score (nSPS) is 18.0. The summed E-state index contributed by atoms with van der Waals surface area (Å²) in [5.41, 5.74) is 0.718. The van der Waals surface area contributed by atoms with Gasteiger partial charge < -0.3 is 14.2 Å². The summed E-state index contributed by atoms with van der Waals surface area (Å²) in [6.45, 7) is 13.3. The molecule has 2 aromatic heterocycles. The average molecular weight is 567 g/mol. The number of benzene rings is 1. The van der Waals surface area contributed by atoms with Crippen molar-refractivity contribution in [3.05, 3.63) is 64.9 Å². The van der Waals surface area contributed by atoms with Gasteiger partial charge in [-0.05, 0) is 32.0 Å². The third kappa shape index (κ3) is 6.43. The highest BCUT2D eigenvalue weighted by Gasteiger charge is 2.49. The Labute approximate surface area is 238 Å². The molecule has 10 heteroatoms. The number of Topliss-reactive ketones (excluding diaryl/α,β-unsaturated/α-hetero) is 2. The standard InChI is InChI=1S/C31H36F2N4O4/c1-19-8-20(2)35-28(34-19)29(3,4)11-22(38)12-31(15-37(16-31)14-30(5)17-40-18-30)13-26(39)25-10-27(41-36-25)23-7-6-21(32)9-24(23)33/h6-10H,11-18H2,1-5H3. The fraction of sp³-hybridized carbons (Fsp3) is 0.516. The van der Waals surface area contributed by atoms with Crippen molar-refractivity contribution < 1.29 is 27.6 Å². The number of ether oxygens (including phenoxy) is 1. The van der Waals surface area contributed by atoms with Crippen LogP contribution in [0.5, 0.6) is 0 Å². The van der Waals surface area contributed by atoms with Gasteiger partial charge in [0.05, 0.1) is 18.8 Å². The van der Waals surface area contributed by atoms with Crippen molar-refractivity contribution in [2.24, 2.45) is 10.8 Å². The molecule has 0 spiro atoms. The monoisotopic (exact) mass is 566 g/mol. The van der Waals surface area contributed by atoms with Crippen molar-refractivity contribution in [2.75, 3.05) is 32.8 Å². The fourth-order valence-corrected chi connectivity index (χ4v) is 6.12. The number of nitrogens with zero attached hydrogens (tertiary/aromatic N) is 4. The molecule has 0 amide bonds. The molecule has 0 unspecified atom stereocenters. The Morgan fingerprint density at radius 1 is 1.02 bits per heavy atom. The lowest BCUT2D eigenvalue weighted by atomic mass is 9.69. The van der Waals surface area contributed by atoms with E-state index in [2.05, 4.69) is 26.9 Å². The Morgan fingerprint density at radius 3 is 2.32 bits per heavy atom. The molecule has 2 aliphatic rings. The van der Waals surface area contributed by atoms with Gasteiger partial charge in [0.1, 0.15) is 28.9 Å². The molecule has 2 saturated heterocycles. The summed E-state index contributed by atoms with van der Waals surface area (Å²) in [6, 6.07) is 6.39. The average Bonchev–Trinajstić information content (AvgIpc) is 3.31. The van der Waals surface area contributed by atoms with E-state index in [0.717, 1.165) is 30.1 Å². The van der Waals surface area contributed by atoms with Crippen molar-refractivity contribution in [1.82, 2.24) is 20.0 Å². The number of aryl methyl sites for hydroxylation is 2. The van der Waals surface area contributed by atoms with E-state index in [-0.39, 0.29) is 53.3 Å². The molecule has 0 bridgehead atoms. The summed E-state index contributed by atoms with van der Waals surface area (Å²) < 4.78 is 38.3. The number of likely N-dealkylation sites (tertiary alicyclic amines) is 1. The van der Waals surface area contributed by atoms with Gasteiger partial charge in [0.25, 0.3) is 0 Å². The lowest BCUT2D eigenvalue weighted by Gasteiger charge is -2.54. The fourth-order valence-electron chi connectivity index (χ4n) is 6.12. The van der Waals surface area contributed by atoms with Gasteiger partial charge in [-0.25, -0.2) is 18.7 Å². The van der Waals surface area contributed by atoms with Gasteiger partial charge >= 0.3 is 0 Å². The summed E-state index contributed by atoms with van der Waals surface area (Å²) in [5, 5.41) is 3.88. The van der Waals surface area contributed by atoms with Gasteiger partial charge in [0.15, 0.2) is 11.5 Å². The number of hydrogen-bond acceptors (Lipinski definition) is 8. The molecular weight excluding hydrogens is 530 g/mol. The molecule has 1 aromatic carbocycles. The van der Waals surface area contributed by atoms with E-state index in [1.54, 1.807) is 0 Å². The van der Waals surface area contributed by atoms with E-state index >= 15 is 0 Å². The minimum Gasteiger partial charge on any atom is -0.380 e. The largest absolute Gasteiger partial charge is 0.380 e. The highest BCUT2D eigenvalue weighted by Crippen LogP contribution is 2.43. The minimum absolute atomic E-state index is 0.0180. The number of aromatic nitrogens is 3. The number of rotatable bonds is 11. The zero-order chi connectivity index (χ0) is 29.6. The lowest BCUT2D eigenvalue weighted by molar-refractivity contribution is -0.143. The second-order valence-electron chi connectivity index (χ2n) is 13.0. The lowest BCUT2D eigenvalue weighted by Crippen LogP contribution is -2.62. The van der Waals surface area contributed by atoms with Crippen LogP contribution in [-0.2, 0) is 14.9 Å². The van der Waals surface area contributed by atoms with Crippen LogP contribution in [0, 0.1) is 36.3 Å². The maximum Gasteiger partial charge on any atom is 0.185 e. The van der Waals surface area contributed by atoms with Crippen LogP contribution < -0.4 is 0 Å². The van der Waals surface area contributed by atoms with E-state index in [1.807, 2.05) is 33.8 Å². The van der Waals surface area contributed by atoms with Crippen molar-refractivity contribution >= 4 is 11.6 Å². The predicted molar refractivity (Wildman–Crippen MR) is 147 cm³/mol.